The minimum absolute atomic E-state index is 0.149. The molecule has 0 unspecified atom stereocenters. The van der Waals surface area contributed by atoms with Gasteiger partial charge in [0.25, 0.3) is 0 Å². The first-order valence-electron chi connectivity index (χ1n) is 6.13. The molecule has 0 aliphatic carbocycles. The van der Waals surface area contributed by atoms with Crippen LogP contribution in [0.5, 0.6) is 5.75 Å². The summed E-state index contributed by atoms with van der Waals surface area (Å²) in [5, 5.41) is 3.26. The minimum Gasteiger partial charge on any atom is -0.496 e. The van der Waals surface area contributed by atoms with Gasteiger partial charge >= 0.3 is 0 Å². The summed E-state index contributed by atoms with van der Waals surface area (Å²) in [5.74, 6) is 1.03. The van der Waals surface area contributed by atoms with Crippen LogP contribution < -0.4 is 10.1 Å². The monoisotopic (exact) mass is 290 g/mol. The second-order valence-electron chi connectivity index (χ2n) is 4.40. The molecule has 0 saturated carbocycles. The fourth-order valence-electron chi connectivity index (χ4n) is 1.86. The van der Waals surface area contributed by atoms with Gasteiger partial charge in [-0.2, -0.15) is 0 Å². The van der Waals surface area contributed by atoms with Crippen LogP contribution in [0, 0.1) is 6.92 Å². The lowest BCUT2D eigenvalue weighted by molar-refractivity contribution is -0.115. The zero-order chi connectivity index (χ0) is 14.5. The Balaban J connectivity index is 2.08. The highest BCUT2D eigenvalue weighted by atomic mass is 35.5. The van der Waals surface area contributed by atoms with E-state index in [2.05, 4.69) is 10.3 Å². The van der Waals surface area contributed by atoms with E-state index in [1.165, 1.54) is 6.20 Å². The van der Waals surface area contributed by atoms with Gasteiger partial charge in [0, 0.05) is 11.8 Å². The van der Waals surface area contributed by atoms with Gasteiger partial charge in [0.15, 0.2) is 0 Å². The molecule has 4 nitrogen and oxygen atoms in total. The van der Waals surface area contributed by atoms with Gasteiger partial charge in [-0.05, 0) is 25.1 Å². The Morgan fingerprint density at radius 1 is 1.35 bits per heavy atom. The number of anilines is 1. The van der Waals surface area contributed by atoms with Crippen LogP contribution in [-0.4, -0.2) is 18.0 Å². The number of benzene rings is 1. The van der Waals surface area contributed by atoms with E-state index >= 15 is 0 Å². The molecule has 104 valence electrons. The van der Waals surface area contributed by atoms with Gasteiger partial charge in [-0.3, -0.25) is 4.79 Å². The molecule has 5 heteroatoms. The van der Waals surface area contributed by atoms with Crippen molar-refractivity contribution in [1.29, 1.82) is 0 Å². The molecule has 2 aromatic rings. The molecule has 0 spiro atoms. The minimum atomic E-state index is -0.149. The molecule has 1 amide bonds. The van der Waals surface area contributed by atoms with E-state index in [1.807, 2.05) is 25.1 Å². The number of hydrogen-bond acceptors (Lipinski definition) is 3. The topological polar surface area (TPSA) is 51.2 Å². The summed E-state index contributed by atoms with van der Waals surface area (Å²) in [7, 11) is 1.59. The molecule has 0 saturated heterocycles. The first-order chi connectivity index (χ1) is 9.58. The number of pyridine rings is 1. The normalized spacial score (nSPS) is 10.2. The molecule has 1 N–H and O–H groups in total. The number of amides is 1. The lowest BCUT2D eigenvalue weighted by Gasteiger charge is -2.09. The summed E-state index contributed by atoms with van der Waals surface area (Å²) in [6.07, 6.45) is 1.72. The SMILES string of the molecule is COc1ccc(C)cc1CC(=O)Nc1ccc(Cl)cn1. The lowest BCUT2D eigenvalue weighted by Crippen LogP contribution is -2.15. The molecule has 1 heterocycles. The molecule has 0 aliphatic rings. The predicted molar refractivity (Wildman–Crippen MR) is 79.3 cm³/mol. The van der Waals surface area contributed by atoms with Crippen molar-refractivity contribution in [1.82, 2.24) is 4.98 Å². The summed E-state index contributed by atoms with van der Waals surface area (Å²) >= 11 is 5.74. The third-order valence-corrected chi connectivity index (χ3v) is 3.01. The van der Waals surface area contributed by atoms with E-state index in [1.54, 1.807) is 19.2 Å². The van der Waals surface area contributed by atoms with Crippen LogP contribution in [0.1, 0.15) is 11.1 Å². The maximum Gasteiger partial charge on any atom is 0.230 e. The van der Waals surface area contributed by atoms with Crippen molar-refractivity contribution >= 4 is 23.3 Å². The van der Waals surface area contributed by atoms with E-state index in [0.29, 0.717) is 16.6 Å². The fourth-order valence-corrected chi connectivity index (χ4v) is 1.97. The molecule has 0 radical (unpaired) electrons. The smallest absolute Gasteiger partial charge is 0.230 e. The summed E-state index contributed by atoms with van der Waals surface area (Å²) in [4.78, 5) is 16.0. The average molecular weight is 291 g/mol. The molecule has 1 aromatic carbocycles. The van der Waals surface area contributed by atoms with Gasteiger partial charge in [-0.15, -0.1) is 0 Å². The second-order valence-corrected chi connectivity index (χ2v) is 4.84. The first kappa shape index (κ1) is 14.3. The van der Waals surface area contributed by atoms with Crippen molar-refractivity contribution in [3.63, 3.8) is 0 Å². The third kappa shape index (κ3) is 3.71. The van der Waals surface area contributed by atoms with Crippen LogP contribution >= 0.6 is 11.6 Å². The number of aromatic nitrogens is 1. The highest BCUT2D eigenvalue weighted by Crippen LogP contribution is 2.20. The molecule has 1 aromatic heterocycles. The van der Waals surface area contributed by atoms with E-state index < -0.39 is 0 Å². The van der Waals surface area contributed by atoms with Crippen molar-refractivity contribution in [3.05, 3.63) is 52.7 Å². The number of methoxy groups -OCH3 is 1. The third-order valence-electron chi connectivity index (χ3n) is 2.78. The summed E-state index contributed by atoms with van der Waals surface area (Å²) in [5.41, 5.74) is 1.93. The van der Waals surface area contributed by atoms with E-state index in [0.717, 1.165) is 11.1 Å². The van der Waals surface area contributed by atoms with Crippen molar-refractivity contribution in [2.24, 2.45) is 0 Å². The van der Waals surface area contributed by atoms with Gasteiger partial charge in [-0.25, -0.2) is 4.98 Å². The molecular formula is C15H15ClN2O2. The Bertz CT molecular complexity index is 612. The molecular weight excluding hydrogens is 276 g/mol. The Morgan fingerprint density at radius 2 is 2.15 bits per heavy atom. The average Bonchev–Trinajstić information content (AvgIpc) is 2.41. The molecule has 0 aliphatic heterocycles. The fraction of sp³-hybridized carbons (Fsp3) is 0.200. The van der Waals surface area contributed by atoms with Gasteiger partial charge in [0.05, 0.1) is 18.6 Å². The van der Waals surface area contributed by atoms with Gasteiger partial charge in [0.1, 0.15) is 11.6 Å². The molecule has 0 fully saturated rings. The van der Waals surface area contributed by atoms with Gasteiger partial charge in [-0.1, -0.05) is 29.3 Å². The van der Waals surface area contributed by atoms with Crippen LogP contribution in [0.15, 0.2) is 36.5 Å². The largest absolute Gasteiger partial charge is 0.496 e. The Labute approximate surface area is 122 Å². The number of nitrogens with zero attached hydrogens (tertiary/aromatic N) is 1. The quantitative estimate of drug-likeness (QED) is 0.940. The highest BCUT2D eigenvalue weighted by Gasteiger charge is 2.09. The van der Waals surface area contributed by atoms with Crippen molar-refractivity contribution in [2.75, 3.05) is 12.4 Å². The first-order valence-corrected chi connectivity index (χ1v) is 6.51. The lowest BCUT2D eigenvalue weighted by atomic mass is 10.1. The maximum absolute atomic E-state index is 12.0. The van der Waals surface area contributed by atoms with E-state index in [-0.39, 0.29) is 12.3 Å². The van der Waals surface area contributed by atoms with Crippen molar-refractivity contribution in [2.45, 2.75) is 13.3 Å². The number of rotatable bonds is 4. The molecule has 0 atom stereocenters. The number of nitrogens with one attached hydrogen (secondary N) is 1. The van der Waals surface area contributed by atoms with Gasteiger partial charge in [0.2, 0.25) is 5.91 Å². The summed E-state index contributed by atoms with van der Waals surface area (Å²) < 4.78 is 5.25. The van der Waals surface area contributed by atoms with Crippen LogP contribution in [0.4, 0.5) is 5.82 Å². The Kier molecular flexibility index (Phi) is 4.58. The number of halogens is 1. The van der Waals surface area contributed by atoms with Crippen LogP contribution in [0.2, 0.25) is 5.02 Å². The molecule has 2 rings (SSSR count). The Hall–Kier alpha value is -2.07. The van der Waals surface area contributed by atoms with Crippen molar-refractivity contribution < 1.29 is 9.53 Å². The maximum atomic E-state index is 12.0. The van der Waals surface area contributed by atoms with E-state index in [9.17, 15) is 4.79 Å². The number of ether oxygens (including phenoxy) is 1. The zero-order valence-corrected chi connectivity index (χ0v) is 12.1. The predicted octanol–water partition coefficient (Wildman–Crippen LogP) is 3.23. The molecule has 20 heavy (non-hydrogen) atoms. The number of aryl methyl sites for hydroxylation is 1. The van der Waals surface area contributed by atoms with E-state index in [4.69, 9.17) is 16.3 Å². The standard InChI is InChI=1S/C15H15ClN2O2/c1-10-3-5-13(20-2)11(7-10)8-15(19)18-14-6-4-12(16)9-17-14/h3-7,9H,8H2,1-2H3,(H,17,18,19). The Morgan fingerprint density at radius 3 is 2.80 bits per heavy atom. The highest BCUT2D eigenvalue weighted by molar-refractivity contribution is 6.30. The number of carbonyl (C=O) groups is 1. The van der Waals surface area contributed by atoms with Crippen LogP contribution in [0.3, 0.4) is 0 Å². The molecule has 0 bridgehead atoms. The zero-order valence-electron chi connectivity index (χ0n) is 11.3. The number of hydrogen-bond donors (Lipinski definition) is 1. The van der Waals surface area contributed by atoms with Crippen LogP contribution in [-0.2, 0) is 11.2 Å². The van der Waals surface area contributed by atoms with Crippen molar-refractivity contribution in [3.8, 4) is 5.75 Å². The van der Waals surface area contributed by atoms with Gasteiger partial charge < -0.3 is 10.1 Å². The van der Waals surface area contributed by atoms with Crippen LogP contribution in [0.25, 0.3) is 0 Å². The second kappa shape index (κ2) is 6.39. The summed E-state index contributed by atoms with van der Waals surface area (Å²) in [6, 6.07) is 9.08. The number of carbonyl (C=O) groups excluding carboxylic acids is 1. The summed E-state index contributed by atoms with van der Waals surface area (Å²) in [6.45, 7) is 1.97.